The molecular weight excluding hydrogens is 211 g/mol. The molecule has 0 bridgehead atoms. The Kier molecular flexibility index (Phi) is 2.62. The van der Waals surface area contributed by atoms with Gasteiger partial charge in [-0.3, -0.25) is 4.79 Å². The van der Waals surface area contributed by atoms with Crippen LogP contribution in [-0.2, 0) is 4.79 Å². The molecule has 0 amide bonds. The quantitative estimate of drug-likeness (QED) is 0.740. The van der Waals surface area contributed by atoms with E-state index >= 15 is 0 Å². The number of carboxylic acids is 1. The molecule has 84 valence electrons. The highest BCUT2D eigenvalue weighted by Crippen LogP contribution is 2.25. The van der Waals surface area contributed by atoms with Crippen LogP contribution < -0.4 is 5.73 Å². The molecule has 2 rings (SSSR count). The summed E-state index contributed by atoms with van der Waals surface area (Å²) in [5.74, 6) is -1.29. The van der Waals surface area contributed by atoms with Gasteiger partial charge in [0.2, 0.25) is 0 Å². The van der Waals surface area contributed by atoms with Crippen molar-refractivity contribution in [1.29, 1.82) is 0 Å². The molecule has 0 saturated carbocycles. The van der Waals surface area contributed by atoms with Gasteiger partial charge in [-0.05, 0) is 23.8 Å². The summed E-state index contributed by atoms with van der Waals surface area (Å²) >= 11 is 0. The van der Waals surface area contributed by atoms with Gasteiger partial charge in [-0.25, -0.2) is 4.39 Å². The average Bonchev–Trinajstić information content (AvgIpc) is 2.59. The molecule has 2 aromatic rings. The largest absolute Gasteiger partial charge is 0.481 e. The molecular formula is C11H11FN2O2. The number of aromatic nitrogens is 1. The van der Waals surface area contributed by atoms with Gasteiger partial charge in [-0.15, -0.1) is 0 Å². The second-order valence-electron chi connectivity index (χ2n) is 3.64. The van der Waals surface area contributed by atoms with E-state index in [1.165, 1.54) is 12.1 Å². The van der Waals surface area contributed by atoms with Gasteiger partial charge in [0, 0.05) is 23.1 Å². The second kappa shape index (κ2) is 3.94. The van der Waals surface area contributed by atoms with E-state index in [-0.39, 0.29) is 12.2 Å². The van der Waals surface area contributed by atoms with Crippen LogP contribution in [0.3, 0.4) is 0 Å². The minimum Gasteiger partial charge on any atom is -0.481 e. The first kappa shape index (κ1) is 10.6. The van der Waals surface area contributed by atoms with Crippen molar-refractivity contribution in [2.24, 2.45) is 5.73 Å². The Labute approximate surface area is 90.9 Å². The van der Waals surface area contributed by atoms with E-state index in [1.54, 1.807) is 12.3 Å². The Morgan fingerprint density at radius 2 is 2.31 bits per heavy atom. The number of carbonyl (C=O) groups is 1. The Morgan fingerprint density at radius 3 is 3.00 bits per heavy atom. The summed E-state index contributed by atoms with van der Waals surface area (Å²) in [7, 11) is 0. The Morgan fingerprint density at radius 1 is 1.56 bits per heavy atom. The summed E-state index contributed by atoms with van der Waals surface area (Å²) in [6, 6.07) is 3.69. The van der Waals surface area contributed by atoms with Crippen molar-refractivity contribution < 1.29 is 14.3 Å². The lowest BCUT2D eigenvalue weighted by molar-refractivity contribution is -0.137. The normalized spacial score (nSPS) is 12.9. The number of nitrogens with two attached hydrogens (primary N) is 1. The molecule has 0 aliphatic heterocycles. The van der Waals surface area contributed by atoms with E-state index in [0.717, 1.165) is 5.39 Å². The molecule has 0 radical (unpaired) electrons. The van der Waals surface area contributed by atoms with Gasteiger partial charge in [0.25, 0.3) is 0 Å². The number of benzene rings is 1. The van der Waals surface area contributed by atoms with Crippen molar-refractivity contribution in [2.75, 3.05) is 0 Å². The number of H-pyrrole nitrogens is 1. The van der Waals surface area contributed by atoms with Crippen LogP contribution in [0.15, 0.2) is 24.4 Å². The molecule has 1 aromatic carbocycles. The summed E-state index contributed by atoms with van der Waals surface area (Å²) in [4.78, 5) is 13.4. The number of aliphatic carboxylic acids is 1. The molecule has 1 atom stereocenters. The number of fused-ring (bicyclic) bond motifs is 1. The van der Waals surface area contributed by atoms with Gasteiger partial charge in [0.1, 0.15) is 5.82 Å². The van der Waals surface area contributed by atoms with E-state index in [9.17, 15) is 9.18 Å². The standard InChI is InChI=1S/C11H11FN2O2/c12-6-1-2-7-8(5-14-10(7)3-6)9(13)4-11(15)16/h1-3,5,9,14H,4,13H2,(H,15,16)/t9-/m0/s1. The van der Waals surface area contributed by atoms with Crippen LogP contribution in [0.2, 0.25) is 0 Å². The Hall–Kier alpha value is -1.88. The monoisotopic (exact) mass is 222 g/mol. The molecule has 16 heavy (non-hydrogen) atoms. The van der Waals surface area contributed by atoms with Gasteiger partial charge in [0.15, 0.2) is 0 Å². The number of rotatable bonds is 3. The minimum atomic E-state index is -0.955. The van der Waals surface area contributed by atoms with E-state index < -0.39 is 12.0 Å². The van der Waals surface area contributed by atoms with Gasteiger partial charge in [-0.1, -0.05) is 0 Å². The highest BCUT2D eigenvalue weighted by Gasteiger charge is 2.14. The third-order valence-corrected chi connectivity index (χ3v) is 2.47. The zero-order valence-corrected chi connectivity index (χ0v) is 8.40. The maximum atomic E-state index is 12.9. The van der Waals surface area contributed by atoms with Crippen LogP contribution in [0.1, 0.15) is 18.0 Å². The lowest BCUT2D eigenvalue weighted by Crippen LogP contribution is -2.14. The maximum absolute atomic E-state index is 12.9. The first-order valence-electron chi connectivity index (χ1n) is 4.82. The van der Waals surface area contributed by atoms with E-state index in [1.807, 2.05) is 0 Å². The molecule has 0 unspecified atom stereocenters. The van der Waals surface area contributed by atoms with Crippen LogP contribution in [0.5, 0.6) is 0 Å². The number of carboxylic acid groups (broad SMARTS) is 1. The zero-order chi connectivity index (χ0) is 11.7. The fraction of sp³-hybridized carbons (Fsp3) is 0.182. The highest BCUT2D eigenvalue weighted by molar-refractivity contribution is 5.84. The molecule has 4 N–H and O–H groups in total. The fourth-order valence-corrected chi connectivity index (χ4v) is 1.73. The van der Waals surface area contributed by atoms with Crippen molar-refractivity contribution in [3.05, 3.63) is 35.8 Å². The smallest absolute Gasteiger partial charge is 0.305 e. The van der Waals surface area contributed by atoms with Crippen molar-refractivity contribution in [1.82, 2.24) is 4.98 Å². The predicted molar refractivity (Wildman–Crippen MR) is 57.4 cm³/mol. The summed E-state index contributed by atoms with van der Waals surface area (Å²) in [5.41, 5.74) is 7.06. The molecule has 4 nitrogen and oxygen atoms in total. The number of halogens is 1. The lowest BCUT2D eigenvalue weighted by atomic mass is 10.0. The predicted octanol–water partition coefficient (Wildman–Crippen LogP) is 1.78. The molecule has 1 heterocycles. The van der Waals surface area contributed by atoms with Crippen LogP contribution in [0, 0.1) is 5.82 Å². The van der Waals surface area contributed by atoms with Gasteiger partial charge < -0.3 is 15.8 Å². The minimum absolute atomic E-state index is 0.148. The first-order valence-corrected chi connectivity index (χ1v) is 4.82. The zero-order valence-electron chi connectivity index (χ0n) is 8.40. The summed E-state index contributed by atoms with van der Waals surface area (Å²) in [6.45, 7) is 0. The van der Waals surface area contributed by atoms with E-state index in [4.69, 9.17) is 10.8 Å². The van der Waals surface area contributed by atoms with Crippen molar-refractivity contribution in [2.45, 2.75) is 12.5 Å². The average molecular weight is 222 g/mol. The number of nitrogens with one attached hydrogen (secondary N) is 1. The van der Waals surface area contributed by atoms with Gasteiger partial charge >= 0.3 is 5.97 Å². The van der Waals surface area contributed by atoms with Crippen molar-refractivity contribution in [3.63, 3.8) is 0 Å². The van der Waals surface area contributed by atoms with Gasteiger partial charge in [-0.2, -0.15) is 0 Å². The summed E-state index contributed by atoms with van der Waals surface area (Å²) in [5, 5.41) is 9.41. The third kappa shape index (κ3) is 1.90. The van der Waals surface area contributed by atoms with E-state index in [0.29, 0.717) is 11.1 Å². The van der Waals surface area contributed by atoms with Crippen LogP contribution in [0.25, 0.3) is 10.9 Å². The maximum Gasteiger partial charge on any atom is 0.305 e. The molecule has 1 aromatic heterocycles. The number of aromatic amines is 1. The van der Waals surface area contributed by atoms with E-state index in [2.05, 4.69) is 4.98 Å². The molecule has 0 aliphatic carbocycles. The highest BCUT2D eigenvalue weighted by atomic mass is 19.1. The summed E-state index contributed by atoms with van der Waals surface area (Å²) in [6.07, 6.45) is 1.47. The second-order valence-corrected chi connectivity index (χ2v) is 3.64. The van der Waals surface area contributed by atoms with Gasteiger partial charge in [0.05, 0.1) is 6.42 Å². The fourth-order valence-electron chi connectivity index (χ4n) is 1.73. The van der Waals surface area contributed by atoms with Crippen molar-refractivity contribution >= 4 is 16.9 Å². The molecule has 0 aliphatic rings. The van der Waals surface area contributed by atoms with Crippen LogP contribution in [0.4, 0.5) is 4.39 Å². The Balaban J connectivity index is 2.41. The SMILES string of the molecule is N[C@@H](CC(=O)O)c1c[nH]c2cc(F)ccc12. The summed E-state index contributed by atoms with van der Waals surface area (Å²) < 4.78 is 12.9. The molecule has 0 spiro atoms. The number of hydrogen-bond donors (Lipinski definition) is 3. The topological polar surface area (TPSA) is 79.1 Å². The molecule has 5 heteroatoms. The van der Waals surface area contributed by atoms with Crippen molar-refractivity contribution in [3.8, 4) is 0 Å². The molecule has 0 saturated heterocycles. The Bertz CT molecular complexity index is 536. The van der Waals surface area contributed by atoms with Crippen LogP contribution >= 0.6 is 0 Å². The van der Waals surface area contributed by atoms with Crippen LogP contribution in [-0.4, -0.2) is 16.1 Å². The first-order chi connectivity index (χ1) is 7.58. The third-order valence-electron chi connectivity index (χ3n) is 2.47. The number of hydrogen-bond acceptors (Lipinski definition) is 2. The molecule has 0 fully saturated rings. The lowest BCUT2D eigenvalue weighted by Gasteiger charge is -2.07.